The summed E-state index contributed by atoms with van der Waals surface area (Å²) in [5, 5.41) is 3.70. The Kier molecular flexibility index (Phi) is 3.38. The first kappa shape index (κ1) is 9.36. The van der Waals surface area contributed by atoms with E-state index in [9.17, 15) is 0 Å². The maximum Gasteiger partial charge on any atom is 0.117 e. The number of hydrogen-bond donors (Lipinski definition) is 1. The molecule has 0 unspecified atom stereocenters. The molecule has 0 aliphatic rings. The summed E-state index contributed by atoms with van der Waals surface area (Å²) < 4.78 is 5.33. The number of nitrogens with one attached hydrogen (secondary N) is 1. The van der Waals surface area contributed by atoms with Crippen molar-refractivity contribution in [1.82, 2.24) is 5.32 Å². The number of aryl methyl sites for hydroxylation is 1. The molecular formula is C9H12ClNO. The number of furan rings is 1. The Hall–Kier alpha value is -0.730. The van der Waals surface area contributed by atoms with Crippen molar-refractivity contribution in [2.24, 2.45) is 0 Å². The number of rotatable bonds is 4. The van der Waals surface area contributed by atoms with Gasteiger partial charge in [-0.05, 0) is 19.1 Å². The Bertz CT molecular complexity index is 267. The maximum absolute atomic E-state index is 5.56. The smallest absolute Gasteiger partial charge is 0.117 e. The topological polar surface area (TPSA) is 25.2 Å². The zero-order valence-corrected chi connectivity index (χ0v) is 7.82. The first-order valence-corrected chi connectivity index (χ1v) is 4.15. The zero-order valence-electron chi connectivity index (χ0n) is 7.06. The number of hydrogen-bond acceptors (Lipinski definition) is 2. The van der Waals surface area contributed by atoms with Crippen molar-refractivity contribution >= 4 is 11.6 Å². The van der Waals surface area contributed by atoms with E-state index in [1.165, 1.54) is 0 Å². The third-order valence-electron chi connectivity index (χ3n) is 1.41. The van der Waals surface area contributed by atoms with Crippen LogP contribution in [0.3, 0.4) is 0 Å². The second kappa shape index (κ2) is 4.33. The molecule has 0 bridgehead atoms. The Morgan fingerprint density at radius 3 is 2.92 bits per heavy atom. The molecule has 0 aliphatic carbocycles. The largest absolute Gasteiger partial charge is 0.465 e. The summed E-state index contributed by atoms with van der Waals surface area (Å²) in [7, 11) is 0. The van der Waals surface area contributed by atoms with E-state index < -0.39 is 0 Å². The molecule has 0 saturated heterocycles. The van der Waals surface area contributed by atoms with Gasteiger partial charge in [-0.3, -0.25) is 0 Å². The van der Waals surface area contributed by atoms with Gasteiger partial charge < -0.3 is 9.73 Å². The van der Waals surface area contributed by atoms with Crippen molar-refractivity contribution < 1.29 is 4.42 Å². The lowest BCUT2D eigenvalue weighted by atomic mass is 10.4. The molecule has 0 fully saturated rings. The third-order valence-corrected chi connectivity index (χ3v) is 1.55. The van der Waals surface area contributed by atoms with Gasteiger partial charge >= 0.3 is 0 Å². The van der Waals surface area contributed by atoms with Gasteiger partial charge in [-0.15, -0.1) is 0 Å². The lowest BCUT2D eigenvalue weighted by molar-refractivity contribution is 0.467. The van der Waals surface area contributed by atoms with Crippen LogP contribution in [0.25, 0.3) is 0 Å². The lowest BCUT2D eigenvalue weighted by Crippen LogP contribution is -2.13. The van der Waals surface area contributed by atoms with E-state index in [2.05, 4.69) is 11.9 Å². The van der Waals surface area contributed by atoms with E-state index in [1.807, 2.05) is 19.1 Å². The molecule has 0 aliphatic heterocycles. The number of halogens is 1. The van der Waals surface area contributed by atoms with Crippen LogP contribution in [0, 0.1) is 6.92 Å². The van der Waals surface area contributed by atoms with E-state index in [0.29, 0.717) is 18.1 Å². The molecule has 0 spiro atoms. The SMILES string of the molecule is C=C(Cl)CNCc1ccc(C)o1. The first-order valence-electron chi connectivity index (χ1n) is 3.78. The van der Waals surface area contributed by atoms with Crippen LogP contribution in [-0.2, 0) is 6.54 Å². The predicted octanol–water partition coefficient (Wildman–Crippen LogP) is 2.43. The van der Waals surface area contributed by atoms with Gasteiger partial charge in [-0.1, -0.05) is 18.2 Å². The molecule has 1 aromatic rings. The van der Waals surface area contributed by atoms with Crippen molar-refractivity contribution in [1.29, 1.82) is 0 Å². The molecule has 0 amide bonds. The van der Waals surface area contributed by atoms with Crippen LogP contribution in [0.2, 0.25) is 0 Å². The molecular weight excluding hydrogens is 174 g/mol. The van der Waals surface area contributed by atoms with E-state index in [4.69, 9.17) is 16.0 Å². The fraction of sp³-hybridized carbons (Fsp3) is 0.333. The summed E-state index contributed by atoms with van der Waals surface area (Å²) in [5.74, 6) is 1.85. The van der Waals surface area contributed by atoms with E-state index in [0.717, 1.165) is 11.5 Å². The minimum absolute atomic E-state index is 0.610. The first-order chi connectivity index (χ1) is 5.68. The molecule has 12 heavy (non-hydrogen) atoms. The molecule has 0 atom stereocenters. The molecule has 2 nitrogen and oxygen atoms in total. The van der Waals surface area contributed by atoms with Gasteiger partial charge in [0.15, 0.2) is 0 Å². The molecule has 1 aromatic heterocycles. The molecule has 1 rings (SSSR count). The molecule has 0 radical (unpaired) electrons. The monoisotopic (exact) mass is 185 g/mol. The molecule has 3 heteroatoms. The molecule has 1 N–H and O–H groups in total. The molecule has 1 heterocycles. The van der Waals surface area contributed by atoms with Gasteiger partial charge in [0, 0.05) is 11.6 Å². The van der Waals surface area contributed by atoms with Crippen molar-refractivity contribution in [3.8, 4) is 0 Å². The molecule has 0 saturated carbocycles. The third kappa shape index (κ3) is 3.11. The maximum atomic E-state index is 5.56. The van der Waals surface area contributed by atoms with Gasteiger partial charge in [0.05, 0.1) is 6.54 Å². The van der Waals surface area contributed by atoms with Crippen molar-refractivity contribution in [2.75, 3.05) is 6.54 Å². The fourth-order valence-corrected chi connectivity index (χ4v) is 0.996. The van der Waals surface area contributed by atoms with E-state index in [-0.39, 0.29) is 0 Å². The Labute approximate surface area is 77.2 Å². The standard InChI is InChI=1S/C9H12ClNO/c1-7(10)5-11-6-9-4-3-8(2)12-9/h3-4,11H,1,5-6H2,2H3. The lowest BCUT2D eigenvalue weighted by Gasteiger charge is -1.99. The Balaban J connectivity index is 2.29. The van der Waals surface area contributed by atoms with Gasteiger partial charge in [-0.2, -0.15) is 0 Å². The zero-order chi connectivity index (χ0) is 8.97. The van der Waals surface area contributed by atoms with Crippen LogP contribution in [0.15, 0.2) is 28.2 Å². The highest BCUT2D eigenvalue weighted by Gasteiger charge is 1.96. The summed E-state index contributed by atoms with van der Waals surface area (Å²) in [6.07, 6.45) is 0. The van der Waals surface area contributed by atoms with Crippen LogP contribution in [0.1, 0.15) is 11.5 Å². The van der Waals surface area contributed by atoms with Crippen molar-refractivity contribution in [3.05, 3.63) is 35.3 Å². The highest BCUT2D eigenvalue weighted by molar-refractivity contribution is 6.29. The second-order valence-electron chi connectivity index (χ2n) is 2.63. The summed E-state index contributed by atoms with van der Waals surface area (Å²) in [6.45, 7) is 6.79. The van der Waals surface area contributed by atoms with Gasteiger partial charge in [0.2, 0.25) is 0 Å². The van der Waals surface area contributed by atoms with Gasteiger partial charge in [-0.25, -0.2) is 0 Å². The van der Waals surface area contributed by atoms with Crippen LogP contribution < -0.4 is 5.32 Å². The van der Waals surface area contributed by atoms with Crippen LogP contribution in [-0.4, -0.2) is 6.54 Å². The molecule has 0 aromatic carbocycles. The summed E-state index contributed by atoms with van der Waals surface area (Å²) in [4.78, 5) is 0. The van der Waals surface area contributed by atoms with E-state index in [1.54, 1.807) is 0 Å². The van der Waals surface area contributed by atoms with Gasteiger partial charge in [0.25, 0.3) is 0 Å². The van der Waals surface area contributed by atoms with Gasteiger partial charge in [0.1, 0.15) is 11.5 Å². The fourth-order valence-electron chi connectivity index (χ4n) is 0.901. The quantitative estimate of drug-likeness (QED) is 0.780. The van der Waals surface area contributed by atoms with Crippen LogP contribution in [0.5, 0.6) is 0 Å². The highest BCUT2D eigenvalue weighted by Crippen LogP contribution is 2.05. The van der Waals surface area contributed by atoms with Crippen molar-refractivity contribution in [3.63, 3.8) is 0 Å². The van der Waals surface area contributed by atoms with Crippen LogP contribution >= 0.6 is 11.6 Å². The van der Waals surface area contributed by atoms with E-state index >= 15 is 0 Å². The average Bonchev–Trinajstić information content (AvgIpc) is 2.35. The highest BCUT2D eigenvalue weighted by atomic mass is 35.5. The second-order valence-corrected chi connectivity index (χ2v) is 3.17. The minimum Gasteiger partial charge on any atom is -0.465 e. The minimum atomic E-state index is 0.610. The molecule has 66 valence electrons. The average molecular weight is 186 g/mol. The van der Waals surface area contributed by atoms with Crippen molar-refractivity contribution in [2.45, 2.75) is 13.5 Å². The Morgan fingerprint density at radius 1 is 1.67 bits per heavy atom. The Morgan fingerprint density at radius 2 is 2.42 bits per heavy atom. The summed E-state index contributed by atoms with van der Waals surface area (Å²) >= 11 is 5.56. The normalized spacial score (nSPS) is 10.2. The predicted molar refractivity (Wildman–Crippen MR) is 50.1 cm³/mol. The summed E-state index contributed by atoms with van der Waals surface area (Å²) in [6, 6.07) is 3.88. The van der Waals surface area contributed by atoms with Crippen LogP contribution in [0.4, 0.5) is 0 Å². The summed E-state index contributed by atoms with van der Waals surface area (Å²) in [5.41, 5.74) is 0.